The predicted octanol–water partition coefficient (Wildman–Crippen LogP) is 3.93. The molecule has 4 rings (SSSR count). The van der Waals surface area contributed by atoms with Gasteiger partial charge in [-0.25, -0.2) is 22.5 Å². The van der Waals surface area contributed by atoms with Crippen molar-refractivity contribution in [2.75, 3.05) is 5.32 Å². The van der Waals surface area contributed by atoms with E-state index in [4.69, 9.17) is 11.6 Å². The number of anilines is 1. The zero-order chi connectivity index (χ0) is 21.0. The van der Waals surface area contributed by atoms with Gasteiger partial charge in [-0.05, 0) is 49.1 Å². The molecular weight excluding hydrogens is 417 g/mol. The van der Waals surface area contributed by atoms with Gasteiger partial charge < -0.3 is 5.32 Å². The Morgan fingerprint density at radius 2 is 2.00 bits per heavy atom. The maximum absolute atomic E-state index is 13.5. The summed E-state index contributed by atoms with van der Waals surface area (Å²) in [6.45, 7) is 4.00. The lowest BCUT2D eigenvalue weighted by Gasteiger charge is -2.38. The van der Waals surface area contributed by atoms with Crippen LogP contribution < -0.4 is 10.0 Å². The number of nitrogens with zero attached hydrogens (tertiary/aromatic N) is 1. The van der Waals surface area contributed by atoms with Gasteiger partial charge in [0.1, 0.15) is 11.5 Å². The van der Waals surface area contributed by atoms with Crippen LogP contribution in [0.3, 0.4) is 0 Å². The van der Waals surface area contributed by atoms with Gasteiger partial charge in [0.2, 0.25) is 10.0 Å². The molecule has 2 N–H and O–H groups in total. The van der Waals surface area contributed by atoms with Crippen LogP contribution >= 0.6 is 11.6 Å². The minimum absolute atomic E-state index is 0.0612. The van der Waals surface area contributed by atoms with Crippen molar-refractivity contribution in [3.63, 3.8) is 0 Å². The van der Waals surface area contributed by atoms with Crippen LogP contribution in [0.25, 0.3) is 0 Å². The molecule has 1 aromatic carbocycles. The van der Waals surface area contributed by atoms with Crippen LogP contribution in [0.4, 0.5) is 10.1 Å². The van der Waals surface area contributed by atoms with Gasteiger partial charge in [0.25, 0.3) is 5.91 Å². The quantitative estimate of drug-likeness (QED) is 0.756. The third-order valence-electron chi connectivity index (χ3n) is 5.36. The molecule has 1 aliphatic heterocycles. The molecule has 1 unspecified atom stereocenters. The first-order chi connectivity index (χ1) is 13.6. The number of aromatic nitrogens is 1. The Morgan fingerprint density at radius 1 is 1.28 bits per heavy atom. The Hall–Kier alpha value is -2.19. The number of amides is 1. The van der Waals surface area contributed by atoms with Crippen LogP contribution in [0.2, 0.25) is 5.02 Å². The number of carbonyl (C=O) groups excluding carboxylic acids is 1. The Labute approximate surface area is 173 Å². The highest BCUT2D eigenvalue weighted by atomic mass is 35.5. The summed E-state index contributed by atoms with van der Waals surface area (Å²) in [6, 6.07) is 7.76. The van der Waals surface area contributed by atoms with E-state index in [9.17, 15) is 17.6 Å². The highest BCUT2D eigenvalue weighted by molar-refractivity contribution is 7.91. The van der Waals surface area contributed by atoms with Crippen molar-refractivity contribution in [1.82, 2.24) is 9.71 Å². The molecule has 1 aliphatic carbocycles. The molecule has 6 nitrogen and oxygen atoms in total. The lowest BCUT2D eigenvalue weighted by Crippen LogP contribution is -2.36. The summed E-state index contributed by atoms with van der Waals surface area (Å²) in [6.07, 6.45) is 1.79. The molecule has 9 heteroatoms. The summed E-state index contributed by atoms with van der Waals surface area (Å²) in [5.41, 5.74) is 1.93. The summed E-state index contributed by atoms with van der Waals surface area (Å²) in [5, 5.41) is 2.95. The topological polar surface area (TPSA) is 88.2 Å². The van der Waals surface area contributed by atoms with E-state index in [1.165, 1.54) is 12.1 Å². The summed E-state index contributed by atoms with van der Waals surface area (Å²) in [4.78, 5) is 16.9. The molecule has 1 amide bonds. The van der Waals surface area contributed by atoms with Crippen LogP contribution in [-0.2, 0) is 15.4 Å². The molecule has 0 spiro atoms. The Bertz CT molecular complexity index is 1100. The van der Waals surface area contributed by atoms with Crippen LogP contribution in [0, 0.1) is 5.82 Å². The number of pyridine rings is 1. The average molecular weight is 438 g/mol. The van der Waals surface area contributed by atoms with Crippen molar-refractivity contribution >= 4 is 33.2 Å². The number of sulfonamides is 1. The zero-order valence-electron chi connectivity index (χ0n) is 16.0. The van der Waals surface area contributed by atoms with E-state index in [1.807, 2.05) is 13.8 Å². The Kier molecular flexibility index (Phi) is 4.82. The molecule has 1 saturated carbocycles. The van der Waals surface area contributed by atoms with E-state index in [2.05, 4.69) is 15.0 Å². The number of benzene rings is 1. The van der Waals surface area contributed by atoms with Gasteiger partial charge in [0, 0.05) is 5.41 Å². The summed E-state index contributed by atoms with van der Waals surface area (Å²) in [7, 11) is -3.64. The monoisotopic (exact) mass is 437 g/mol. The number of nitrogens with one attached hydrogen (secondary N) is 2. The van der Waals surface area contributed by atoms with Gasteiger partial charge in [0.05, 0.1) is 27.7 Å². The minimum atomic E-state index is -3.64. The third kappa shape index (κ3) is 3.96. The molecule has 0 saturated heterocycles. The van der Waals surface area contributed by atoms with Crippen LogP contribution in [0.15, 0.2) is 30.3 Å². The van der Waals surface area contributed by atoms with Crippen molar-refractivity contribution < 1.29 is 17.6 Å². The Balaban J connectivity index is 1.61. The molecule has 2 aromatic rings. The van der Waals surface area contributed by atoms with Crippen molar-refractivity contribution in [1.29, 1.82) is 0 Å². The van der Waals surface area contributed by atoms with Gasteiger partial charge in [0.15, 0.2) is 0 Å². The van der Waals surface area contributed by atoms with E-state index >= 15 is 0 Å². The van der Waals surface area contributed by atoms with Crippen LogP contribution in [0.5, 0.6) is 0 Å². The molecule has 29 heavy (non-hydrogen) atoms. The van der Waals surface area contributed by atoms with E-state index in [0.29, 0.717) is 25.0 Å². The average Bonchev–Trinajstić information content (AvgIpc) is 3.48. The number of fused-ring (bicyclic) bond motifs is 1. The second-order valence-electron chi connectivity index (χ2n) is 8.23. The number of hydrogen-bond acceptors (Lipinski definition) is 5. The SMILES string of the molecule is CC1(C)CC(c2ccc(F)c(Cl)c2)Nc2ccc(C(=O)NS(=O)(=O)C3CC3)nc21. The third-order valence-corrected chi connectivity index (χ3v) is 7.47. The molecule has 1 aromatic heterocycles. The van der Waals surface area contributed by atoms with Gasteiger partial charge in [-0.15, -0.1) is 0 Å². The summed E-state index contributed by atoms with van der Waals surface area (Å²) in [5.74, 6) is -1.19. The van der Waals surface area contributed by atoms with Gasteiger partial charge in [-0.1, -0.05) is 31.5 Å². The van der Waals surface area contributed by atoms with Gasteiger partial charge in [-0.2, -0.15) is 0 Å². The van der Waals surface area contributed by atoms with E-state index in [0.717, 1.165) is 11.3 Å². The minimum Gasteiger partial charge on any atom is -0.377 e. The number of halogens is 2. The smallest absolute Gasteiger partial charge is 0.283 e. The molecule has 2 heterocycles. The largest absolute Gasteiger partial charge is 0.377 e. The van der Waals surface area contributed by atoms with Crippen molar-refractivity contribution in [3.05, 3.63) is 58.1 Å². The fourth-order valence-corrected chi connectivity index (χ4v) is 5.11. The molecule has 1 fully saturated rings. The molecule has 0 bridgehead atoms. The Morgan fingerprint density at radius 3 is 2.66 bits per heavy atom. The van der Waals surface area contributed by atoms with E-state index in [-0.39, 0.29) is 16.8 Å². The van der Waals surface area contributed by atoms with Crippen LogP contribution in [-0.4, -0.2) is 24.6 Å². The summed E-state index contributed by atoms with van der Waals surface area (Å²) >= 11 is 5.93. The lowest BCUT2D eigenvalue weighted by atomic mass is 9.76. The van der Waals surface area contributed by atoms with Crippen molar-refractivity contribution in [3.8, 4) is 0 Å². The van der Waals surface area contributed by atoms with E-state index < -0.39 is 32.4 Å². The second-order valence-corrected chi connectivity index (χ2v) is 10.6. The fourth-order valence-electron chi connectivity index (χ4n) is 3.64. The normalized spacial score (nSPS) is 20.5. The number of rotatable bonds is 4. The highest BCUT2D eigenvalue weighted by Gasteiger charge is 2.38. The standard InChI is InChI=1S/C20H21ClFN3O3S/c1-20(2)10-17(11-3-6-14(22)13(21)9-11)23-15-7-8-16(24-18(15)20)19(26)25-29(27,28)12-4-5-12/h3,6-9,12,17,23H,4-5,10H2,1-2H3,(H,25,26). The van der Waals surface area contributed by atoms with Crippen LogP contribution in [0.1, 0.15) is 60.9 Å². The second kappa shape index (κ2) is 6.95. The molecular formula is C20H21ClFN3O3S. The number of hydrogen-bond donors (Lipinski definition) is 2. The van der Waals surface area contributed by atoms with E-state index in [1.54, 1.807) is 18.2 Å². The maximum Gasteiger partial charge on any atom is 0.283 e. The predicted molar refractivity (Wildman–Crippen MR) is 109 cm³/mol. The highest BCUT2D eigenvalue weighted by Crippen LogP contribution is 2.43. The first-order valence-electron chi connectivity index (χ1n) is 9.36. The van der Waals surface area contributed by atoms with Gasteiger partial charge in [-0.3, -0.25) is 4.79 Å². The number of carbonyl (C=O) groups is 1. The van der Waals surface area contributed by atoms with Crippen molar-refractivity contribution in [2.24, 2.45) is 0 Å². The molecule has 154 valence electrons. The summed E-state index contributed by atoms with van der Waals surface area (Å²) < 4.78 is 39.7. The molecule has 2 aliphatic rings. The molecule has 0 radical (unpaired) electrons. The molecule has 1 atom stereocenters. The maximum atomic E-state index is 13.5. The van der Waals surface area contributed by atoms with Crippen molar-refractivity contribution in [2.45, 2.75) is 49.8 Å². The first-order valence-corrected chi connectivity index (χ1v) is 11.3. The van der Waals surface area contributed by atoms with Gasteiger partial charge >= 0.3 is 0 Å². The first kappa shape index (κ1) is 20.1. The lowest BCUT2D eigenvalue weighted by molar-refractivity contribution is 0.0976. The fraction of sp³-hybridized carbons (Fsp3) is 0.400. The zero-order valence-corrected chi connectivity index (χ0v) is 17.6.